The molecule has 4 heterocycles. The number of anilines is 1. The van der Waals surface area contributed by atoms with Crippen molar-refractivity contribution in [3.05, 3.63) is 29.6 Å². The summed E-state index contributed by atoms with van der Waals surface area (Å²) in [5, 5.41) is 4.72. The van der Waals surface area contributed by atoms with Crippen LogP contribution in [0.3, 0.4) is 0 Å². The van der Waals surface area contributed by atoms with Crippen molar-refractivity contribution in [2.75, 3.05) is 32.0 Å². The topological polar surface area (TPSA) is 69.2 Å². The molecule has 30 heavy (non-hydrogen) atoms. The van der Waals surface area contributed by atoms with E-state index in [9.17, 15) is 13.2 Å². The fourth-order valence-corrected chi connectivity index (χ4v) is 5.10. The fraction of sp³-hybridized carbons (Fsp3) is 0.619. The molecule has 6 rings (SSSR count). The first kappa shape index (κ1) is 18.6. The predicted octanol–water partition coefficient (Wildman–Crippen LogP) is 3.00. The van der Waals surface area contributed by atoms with Crippen LogP contribution in [0, 0.1) is 17.8 Å². The summed E-state index contributed by atoms with van der Waals surface area (Å²) in [6, 6.07) is 3.62. The number of pyridine rings is 1. The Kier molecular flexibility index (Phi) is 3.99. The Labute approximate surface area is 172 Å². The maximum atomic E-state index is 13.3. The van der Waals surface area contributed by atoms with Crippen LogP contribution in [0.25, 0.3) is 11.3 Å². The van der Waals surface area contributed by atoms with E-state index in [1.807, 2.05) is 6.07 Å². The first-order chi connectivity index (χ1) is 14.4. The van der Waals surface area contributed by atoms with Crippen LogP contribution in [-0.4, -0.2) is 52.0 Å². The number of likely N-dealkylation sites (tertiary alicyclic amines) is 1. The van der Waals surface area contributed by atoms with Gasteiger partial charge in [-0.1, -0.05) is 0 Å². The number of hydrogen-bond donors (Lipinski definition) is 1. The zero-order valence-electron chi connectivity index (χ0n) is 16.5. The second-order valence-electron chi connectivity index (χ2n) is 9.23. The average molecular weight is 419 g/mol. The maximum absolute atomic E-state index is 13.3. The van der Waals surface area contributed by atoms with Gasteiger partial charge in [0.05, 0.1) is 30.5 Å². The minimum atomic E-state index is -4.53. The van der Waals surface area contributed by atoms with E-state index in [1.54, 1.807) is 0 Å². The number of halogens is 3. The lowest BCUT2D eigenvalue weighted by Crippen LogP contribution is -2.48. The van der Waals surface area contributed by atoms with Crippen molar-refractivity contribution in [2.24, 2.45) is 17.8 Å². The van der Waals surface area contributed by atoms with E-state index in [-0.39, 0.29) is 0 Å². The van der Waals surface area contributed by atoms with Crippen molar-refractivity contribution >= 4 is 5.82 Å². The van der Waals surface area contributed by atoms with Crippen LogP contribution in [0.1, 0.15) is 30.0 Å². The van der Waals surface area contributed by atoms with E-state index < -0.39 is 17.6 Å². The summed E-state index contributed by atoms with van der Waals surface area (Å²) in [6.07, 6.45) is -0.745. The van der Waals surface area contributed by atoms with Gasteiger partial charge in [-0.15, -0.1) is 0 Å². The molecule has 2 N–H and O–H groups in total. The molecule has 2 aliphatic heterocycles. The zero-order valence-corrected chi connectivity index (χ0v) is 16.5. The van der Waals surface area contributed by atoms with E-state index in [1.165, 1.54) is 24.7 Å². The summed E-state index contributed by atoms with van der Waals surface area (Å²) in [5.41, 5.74) is 6.65. The molecule has 2 saturated carbocycles. The van der Waals surface area contributed by atoms with Crippen molar-refractivity contribution in [2.45, 2.75) is 37.5 Å². The van der Waals surface area contributed by atoms with E-state index in [0.717, 1.165) is 38.9 Å². The first-order valence-electron chi connectivity index (χ1n) is 10.6. The minimum absolute atomic E-state index is 0.367. The highest BCUT2D eigenvalue weighted by atomic mass is 19.4. The van der Waals surface area contributed by atoms with Gasteiger partial charge in [0.2, 0.25) is 0 Å². The number of rotatable bonds is 5. The Morgan fingerprint density at radius 1 is 1.13 bits per heavy atom. The minimum Gasteiger partial charge on any atom is -0.383 e. The molecule has 6 nitrogen and oxygen atoms in total. The van der Waals surface area contributed by atoms with Crippen molar-refractivity contribution in [1.82, 2.24) is 19.7 Å². The van der Waals surface area contributed by atoms with E-state index >= 15 is 0 Å². The molecule has 160 valence electrons. The van der Waals surface area contributed by atoms with Gasteiger partial charge in [0.15, 0.2) is 0 Å². The van der Waals surface area contributed by atoms with Gasteiger partial charge in [-0.25, -0.2) is 4.98 Å². The molecule has 0 bridgehead atoms. The van der Waals surface area contributed by atoms with Crippen molar-refractivity contribution in [3.8, 4) is 11.3 Å². The molecule has 2 unspecified atom stereocenters. The zero-order chi connectivity index (χ0) is 20.6. The third-order valence-electron chi connectivity index (χ3n) is 7.16. The molecule has 9 heteroatoms. The molecule has 4 fully saturated rings. The first-order valence-corrected chi connectivity index (χ1v) is 10.6. The van der Waals surface area contributed by atoms with Gasteiger partial charge in [0.25, 0.3) is 0 Å². The summed E-state index contributed by atoms with van der Waals surface area (Å²) in [5.74, 6) is 1.81. The monoisotopic (exact) mass is 419 g/mol. The second-order valence-corrected chi connectivity index (χ2v) is 9.23. The highest BCUT2D eigenvalue weighted by Crippen LogP contribution is 2.59. The van der Waals surface area contributed by atoms with Crippen LogP contribution in [0.5, 0.6) is 0 Å². The summed E-state index contributed by atoms with van der Waals surface area (Å²) in [4.78, 5) is 6.31. The van der Waals surface area contributed by atoms with Crippen molar-refractivity contribution < 1.29 is 17.9 Å². The van der Waals surface area contributed by atoms with Gasteiger partial charge in [0, 0.05) is 43.0 Å². The van der Waals surface area contributed by atoms with Crippen molar-refractivity contribution in [1.29, 1.82) is 0 Å². The molecule has 2 saturated heterocycles. The number of nitrogen functional groups attached to an aromatic ring is 1. The molecule has 4 aliphatic rings. The molecule has 0 aromatic carbocycles. The Balaban J connectivity index is 1.29. The van der Waals surface area contributed by atoms with Gasteiger partial charge >= 0.3 is 6.18 Å². The van der Waals surface area contributed by atoms with Gasteiger partial charge in [-0.05, 0) is 42.7 Å². The quantitative estimate of drug-likeness (QED) is 0.807. The fourth-order valence-electron chi connectivity index (χ4n) is 5.10. The predicted molar refractivity (Wildman–Crippen MR) is 103 cm³/mol. The number of ether oxygens (including phenoxy) is 1. The lowest BCUT2D eigenvalue weighted by molar-refractivity contribution is -0.137. The molecule has 0 amide bonds. The maximum Gasteiger partial charge on any atom is 0.419 e. The van der Waals surface area contributed by atoms with E-state index in [4.69, 9.17) is 15.6 Å². The van der Waals surface area contributed by atoms with Crippen LogP contribution < -0.4 is 5.73 Å². The normalized spacial score (nSPS) is 29.1. The summed E-state index contributed by atoms with van der Waals surface area (Å²) in [6.45, 7) is 4.67. The van der Waals surface area contributed by atoms with Gasteiger partial charge in [-0.3, -0.25) is 9.58 Å². The Morgan fingerprint density at radius 3 is 2.47 bits per heavy atom. The number of piperidine rings is 1. The Morgan fingerprint density at radius 2 is 1.87 bits per heavy atom. The third-order valence-corrected chi connectivity index (χ3v) is 7.16. The lowest BCUT2D eigenvalue weighted by atomic mass is 10.1. The number of nitrogens with zero attached hydrogens (tertiary/aromatic N) is 4. The van der Waals surface area contributed by atoms with Crippen molar-refractivity contribution in [3.63, 3.8) is 0 Å². The number of aromatic nitrogens is 3. The van der Waals surface area contributed by atoms with Crippen LogP contribution in [0.15, 0.2) is 18.3 Å². The summed E-state index contributed by atoms with van der Waals surface area (Å²) >= 11 is 0. The van der Waals surface area contributed by atoms with Crippen LogP contribution >= 0.6 is 0 Å². The Hall–Kier alpha value is -2.13. The van der Waals surface area contributed by atoms with E-state index in [0.29, 0.717) is 41.0 Å². The molecule has 2 atom stereocenters. The number of hydrogen-bond acceptors (Lipinski definition) is 5. The van der Waals surface area contributed by atoms with E-state index in [2.05, 4.69) is 14.6 Å². The Bertz CT molecular complexity index is 970. The summed E-state index contributed by atoms with van der Waals surface area (Å²) < 4.78 is 47.2. The molecular formula is C21H24F3N5O. The second kappa shape index (κ2) is 6.43. The molecule has 2 aliphatic carbocycles. The number of alkyl halides is 3. The number of nitrogens with two attached hydrogens (primary N) is 1. The van der Waals surface area contributed by atoms with Crippen LogP contribution in [0.4, 0.5) is 19.0 Å². The molecule has 2 aromatic rings. The van der Waals surface area contributed by atoms with Crippen LogP contribution in [0.2, 0.25) is 0 Å². The highest BCUT2D eigenvalue weighted by molar-refractivity contribution is 5.63. The van der Waals surface area contributed by atoms with Gasteiger partial charge in [-0.2, -0.15) is 18.3 Å². The largest absolute Gasteiger partial charge is 0.419 e. The average Bonchev–Trinajstić information content (AvgIpc) is 3.48. The summed E-state index contributed by atoms with van der Waals surface area (Å²) in [7, 11) is 0. The lowest BCUT2D eigenvalue weighted by Gasteiger charge is -2.35. The highest BCUT2D eigenvalue weighted by Gasteiger charge is 2.58. The number of fused-ring (bicyclic) bond motifs is 1. The smallest absolute Gasteiger partial charge is 0.383 e. The van der Waals surface area contributed by atoms with Gasteiger partial charge in [0.1, 0.15) is 5.82 Å². The SMILES string of the molecule is Nc1ncc(-c2cc(C3C4CN(C5COC5)CC43)n(CC3CC3)n2)cc1C(F)(F)F. The molecular weight excluding hydrogens is 395 g/mol. The standard InChI is InChI=1S/C21H24F3N5O/c22-21(23,24)16-3-12(5-26-20(16)25)17-4-18(29(27-17)6-11-1-2-11)19-14-7-28(8-15(14)19)13-9-30-10-13/h3-5,11,13-15,19H,1-2,6-10H2,(H2,25,26). The van der Waals surface area contributed by atoms with Crippen LogP contribution in [-0.2, 0) is 17.5 Å². The molecule has 2 aromatic heterocycles. The molecule has 0 radical (unpaired) electrons. The molecule has 0 spiro atoms. The van der Waals surface area contributed by atoms with Gasteiger partial charge < -0.3 is 10.5 Å². The third kappa shape index (κ3) is 3.10.